The van der Waals surface area contributed by atoms with Crippen molar-refractivity contribution in [3.8, 4) is 0 Å². The Morgan fingerprint density at radius 1 is 1.25 bits per heavy atom. The Morgan fingerprint density at radius 3 is 2.42 bits per heavy atom. The predicted octanol–water partition coefficient (Wildman–Crippen LogP) is 4.39. The van der Waals surface area contributed by atoms with Gasteiger partial charge in [-0.1, -0.05) is 33.6 Å². The zero-order valence-corrected chi connectivity index (χ0v) is 15.4. The van der Waals surface area contributed by atoms with Crippen LogP contribution in [0.2, 0.25) is 5.02 Å². The number of non-ortho nitro benzene ring substituents is 1. The van der Waals surface area contributed by atoms with Crippen molar-refractivity contribution in [2.45, 2.75) is 4.90 Å². The SMILES string of the molecule is C=CCN(c1cc([N+](=O)[O-])ccc1Cl)S(=O)(=O)c1ccc(Br)cc1. The summed E-state index contributed by atoms with van der Waals surface area (Å²) in [7, 11) is -3.96. The first kappa shape index (κ1) is 18.4. The summed E-state index contributed by atoms with van der Waals surface area (Å²) >= 11 is 9.32. The Labute approximate surface area is 152 Å². The van der Waals surface area contributed by atoms with E-state index >= 15 is 0 Å². The van der Waals surface area contributed by atoms with Crippen molar-refractivity contribution in [3.63, 3.8) is 0 Å². The second-order valence-corrected chi connectivity index (χ2v) is 7.86. The van der Waals surface area contributed by atoms with Crippen molar-refractivity contribution in [2.75, 3.05) is 10.8 Å². The molecule has 2 aromatic rings. The number of benzene rings is 2. The molecule has 0 N–H and O–H groups in total. The van der Waals surface area contributed by atoms with Gasteiger partial charge in [0, 0.05) is 16.6 Å². The minimum absolute atomic E-state index is 0.0219. The van der Waals surface area contributed by atoms with Crippen LogP contribution in [-0.2, 0) is 10.0 Å². The van der Waals surface area contributed by atoms with E-state index in [4.69, 9.17) is 11.6 Å². The Kier molecular flexibility index (Phi) is 5.63. The van der Waals surface area contributed by atoms with Gasteiger partial charge >= 0.3 is 0 Å². The van der Waals surface area contributed by atoms with Crippen LogP contribution in [0.1, 0.15) is 0 Å². The molecule has 0 aliphatic heterocycles. The number of nitrogens with zero attached hydrogens (tertiary/aromatic N) is 2. The third-order valence-electron chi connectivity index (χ3n) is 3.11. The smallest absolute Gasteiger partial charge is 0.261 e. The second kappa shape index (κ2) is 7.33. The summed E-state index contributed by atoms with van der Waals surface area (Å²) in [6.45, 7) is 3.46. The highest BCUT2D eigenvalue weighted by Gasteiger charge is 2.27. The van der Waals surface area contributed by atoms with Gasteiger partial charge in [-0.15, -0.1) is 6.58 Å². The monoisotopic (exact) mass is 430 g/mol. The Bertz CT molecular complexity index is 885. The van der Waals surface area contributed by atoms with Gasteiger partial charge in [0.2, 0.25) is 0 Å². The van der Waals surface area contributed by atoms with Crippen LogP contribution in [0.15, 0.2) is 64.5 Å². The molecule has 2 rings (SSSR count). The first-order valence-corrected chi connectivity index (χ1v) is 9.21. The van der Waals surface area contributed by atoms with Gasteiger partial charge in [0.15, 0.2) is 0 Å². The molecule has 0 radical (unpaired) electrons. The molecule has 9 heteroatoms. The number of hydrogen-bond acceptors (Lipinski definition) is 4. The second-order valence-electron chi connectivity index (χ2n) is 4.67. The zero-order chi connectivity index (χ0) is 17.9. The summed E-state index contributed by atoms with van der Waals surface area (Å²) in [4.78, 5) is 10.4. The lowest BCUT2D eigenvalue weighted by molar-refractivity contribution is -0.384. The number of hydrogen-bond donors (Lipinski definition) is 0. The molecule has 0 amide bonds. The van der Waals surface area contributed by atoms with Crippen molar-refractivity contribution >= 4 is 48.9 Å². The summed E-state index contributed by atoms with van der Waals surface area (Å²) in [6.07, 6.45) is 1.38. The Hall–Kier alpha value is -1.90. The summed E-state index contributed by atoms with van der Waals surface area (Å²) in [6, 6.07) is 9.68. The molecule has 0 atom stereocenters. The molecule has 24 heavy (non-hydrogen) atoms. The molecule has 0 fully saturated rings. The number of sulfonamides is 1. The lowest BCUT2D eigenvalue weighted by atomic mass is 10.3. The van der Waals surface area contributed by atoms with Crippen LogP contribution in [0.5, 0.6) is 0 Å². The highest BCUT2D eigenvalue weighted by Crippen LogP contribution is 2.33. The molecular weight excluding hydrogens is 420 g/mol. The molecular formula is C15H12BrClN2O4S. The van der Waals surface area contributed by atoms with E-state index in [-0.39, 0.29) is 27.8 Å². The average molecular weight is 432 g/mol. The predicted molar refractivity (Wildman–Crippen MR) is 97.0 cm³/mol. The fourth-order valence-electron chi connectivity index (χ4n) is 1.98. The third kappa shape index (κ3) is 3.77. The van der Waals surface area contributed by atoms with E-state index in [1.165, 1.54) is 30.3 Å². The van der Waals surface area contributed by atoms with Crippen LogP contribution in [0.3, 0.4) is 0 Å². The normalized spacial score (nSPS) is 11.1. The first-order chi connectivity index (χ1) is 11.3. The topological polar surface area (TPSA) is 80.5 Å². The molecule has 0 aliphatic rings. The largest absolute Gasteiger partial charge is 0.271 e. The van der Waals surface area contributed by atoms with Crippen molar-refractivity contribution in [3.05, 3.63) is 74.7 Å². The molecule has 0 saturated carbocycles. The van der Waals surface area contributed by atoms with Crippen LogP contribution < -0.4 is 4.31 Å². The van der Waals surface area contributed by atoms with E-state index < -0.39 is 14.9 Å². The first-order valence-electron chi connectivity index (χ1n) is 6.60. The van der Waals surface area contributed by atoms with Crippen LogP contribution in [0.25, 0.3) is 0 Å². The van der Waals surface area contributed by atoms with Gasteiger partial charge in [-0.3, -0.25) is 14.4 Å². The molecule has 0 spiro atoms. The number of nitro benzene ring substituents is 1. The molecule has 0 heterocycles. The fourth-order valence-corrected chi connectivity index (χ4v) is 3.96. The Morgan fingerprint density at radius 2 is 1.88 bits per heavy atom. The van der Waals surface area contributed by atoms with Crippen molar-refractivity contribution < 1.29 is 13.3 Å². The van der Waals surface area contributed by atoms with Crippen LogP contribution >= 0.6 is 27.5 Å². The van der Waals surface area contributed by atoms with E-state index in [0.717, 1.165) is 14.8 Å². The molecule has 6 nitrogen and oxygen atoms in total. The average Bonchev–Trinajstić information content (AvgIpc) is 2.53. The molecule has 2 aromatic carbocycles. The van der Waals surface area contributed by atoms with Crippen molar-refractivity contribution in [1.29, 1.82) is 0 Å². The quantitative estimate of drug-likeness (QED) is 0.386. The van der Waals surface area contributed by atoms with E-state index in [1.807, 2.05) is 0 Å². The van der Waals surface area contributed by atoms with Gasteiger partial charge in [-0.2, -0.15) is 0 Å². The van der Waals surface area contributed by atoms with E-state index in [9.17, 15) is 18.5 Å². The van der Waals surface area contributed by atoms with Gasteiger partial charge in [0.05, 0.1) is 27.1 Å². The minimum atomic E-state index is -3.96. The Balaban J connectivity index is 2.61. The zero-order valence-electron chi connectivity index (χ0n) is 12.2. The molecule has 0 aliphatic carbocycles. The summed E-state index contributed by atoms with van der Waals surface area (Å²) in [5.41, 5.74) is -0.233. The number of rotatable bonds is 6. The minimum Gasteiger partial charge on any atom is -0.261 e. The van der Waals surface area contributed by atoms with Gasteiger partial charge in [-0.05, 0) is 30.3 Å². The third-order valence-corrected chi connectivity index (χ3v) is 5.75. The molecule has 126 valence electrons. The maximum atomic E-state index is 12.9. The van der Waals surface area contributed by atoms with Gasteiger partial charge < -0.3 is 0 Å². The number of halogens is 2. The molecule has 0 unspecified atom stereocenters. The summed E-state index contributed by atoms with van der Waals surface area (Å²) in [5, 5.41) is 11.1. The van der Waals surface area contributed by atoms with Crippen LogP contribution in [0, 0.1) is 10.1 Å². The highest BCUT2D eigenvalue weighted by molar-refractivity contribution is 9.10. The van der Waals surface area contributed by atoms with Crippen LogP contribution in [-0.4, -0.2) is 19.9 Å². The lowest BCUT2D eigenvalue weighted by Crippen LogP contribution is -2.31. The number of anilines is 1. The fraction of sp³-hybridized carbons (Fsp3) is 0.0667. The van der Waals surface area contributed by atoms with Crippen molar-refractivity contribution in [2.24, 2.45) is 0 Å². The van der Waals surface area contributed by atoms with Gasteiger partial charge in [-0.25, -0.2) is 8.42 Å². The number of nitro groups is 1. The van der Waals surface area contributed by atoms with E-state index in [1.54, 1.807) is 12.1 Å². The summed E-state index contributed by atoms with van der Waals surface area (Å²) in [5.74, 6) is 0. The standard InChI is InChI=1S/C15H12BrClN2O4S/c1-2-9-18(15-10-12(19(20)21)5-8-14(15)17)24(22,23)13-6-3-11(16)4-7-13/h2-8,10H,1,9H2. The van der Waals surface area contributed by atoms with Gasteiger partial charge in [0.1, 0.15) is 0 Å². The summed E-state index contributed by atoms with van der Waals surface area (Å²) < 4.78 is 27.5. The van der Waals surface area contributed by atoms with E-state index in [0.29, 0.717) is 0 Å². The molecule has 0 saturated heterocycles. The molecule has 0 bridgehead atoms. The maximum absolute atomic E-state index is 12.9. The maximum Gasteiger partial charge on any atom is 0.271 e. The molecule has 0 aromatic heterocycles. The lowest BCUT2D eigenvalue weighted by Gasteiger charge is -2.24. The highest BCUT2D eigenvalue weighted by atomic mass is 79.9. The van der Waals surface area contributed by atoms with E-state index in [2.05, 4.69) is 22.5 Å². The van der Waals surface area contributed by atoms with Crippen LogP contribution in [0.4, 0.5) is 11.4 Å². The van der Waals surface area contributed by atoms with Gasteiger partial charge in [0.25, 0.3) is 15.7 Å². The van der Waals surface area contributed by atoms with Crippen molar-refractivity contribution in [1.82, 2.24) is 0 Å².